The standard InChI is InChI=1S/C18H15FN2O3/c19-10-4-6-16-14(8-10)12-2-1-3-13(12)18(20-16)15-9-11(21(23)24)5-7-17(15)22/h1-2,4-9,12-13,18,20,22H,3H2. The summed E-state index contributed by atoms with van der Waals surface area (Å²) in [7, 11) is 0. The summed E-state index contributed by atoms with van der Waals surface area (Å²) in [6.45, 7) is 0. The molecule has 0 spiro atoms. The number of nitrogens with one attached hydrogen (secondary N) is 1. The van der Waals surface area contributed by atoms with E-state index in [9.17, 15) is 19.6 Å². The lowest BCUT2D eigenvalue weighted by Crippen LogP contribution is -2.29. The van der Waals surface area contributed by atoms with Crippen LogP contribution in [0.3, 0.4) is 0 Å². The molecule has 6 heteroatoms. The van der Waals surface area contributed by atoms with Crippen LogP contribution in [0.2, 0.25) is 0 Å². The van der Waals surface area contributed by atoms with Gasteiger partial charge in [-0.3, -0.25) is 10.1 Å². The quantitative estimate of drug-likeness (QED) is 0.491. The van der Waals surface area contributed by atoms with Crippen molar-refractivity contribution >= 4 is 11.4 Å². The number of anilines is 1. The second-order valence-electron chi connectivity index (χ2n) is 6.21. The third kappa shape index (κ3) is 2.22. The highest BCUT2D eigenvalue weighted by molar-refractivity contribution is 5.61. The Morgan fingerprint density at radius 1 is 1.21 bits per heavy atom. The fourth-order valence-corrected chi connectivity index (χ4v) is 3.78. The summed E-state index contributed by atoms with van der Waals surface area (Å²) in [5.74, 6) is -0.159. The lowest BCUT2D eigenvalue weighted by Gasteiger charge is -2.37. The van der Waals surface area contributed by atoms with E-state index in [0.29, 0.717) is 5.56 Å². The second-order valence-corrected chi connectivity index (χ2v) is 6.21. The summed E-state index contributed by atoms with van der Waals surface area (Å²) in [5.41, 5.74) is 2.12. The molecular weight excluding hydrogens is 311 g/mol. The Bertz CT molecular complexity index is 865. The predicted molar refractivity (Wildman–Crippen MR) is 87.5 cm³/mol. The fourth-order valence-electron chi connectivity index (χ4n) is 3.78. The maximum atomic E-state index is 13.6. The Morgan fingerprint density at radius 3 is 2.83 bits per heavy atom. The average Bonchev–Trinajstić information content (AvgIpc) is 3.04. The summed E-state index contributed by atoms with van der Waals surface area (Å²) in [4.78, 5) is 10.6. The third-order valence-corrected chi connectivity index (χ3v) is 4.88. The van der Waals surface area contributed by atoms with E-state index in [4.69, 9.17) is 0 Å². The first kappa shape index (κ1) is 14.7. The molecule has 0 saturated carbocycles. The minimum Gasteiger partial charge on any atom is -0.508 e. The first-order chi connectivity index (χ1) is 11.5. The monoisotopic (exact) mass is 326 g/mol. The number of benzene rings is 2. The van der Waals surface area contributed by atoms with Crippen LogP contribution in [0.15, 0.2) is 48.6 Å². The Morgan fingerprint density at radius 2 is 2.04 bits per heavy atom. The number of non-ortho nitro benzene ring substituents is 1. The van der Waals surface area contributed by atoms with Crippen molar-refractivity contribution in [2.75, 3.05) is 5.32 Å². The molecule has 0 amide bonds. The molecule has 0 radical (unpaired) electrons. The van der Waals surface area contributed by atoms with Gasteiger partial charge in [0, 0.05) is 29.3 Å². The molecule has 0 saturated heterocycles. The van der Waals surface area contributed by atoms with Crippen LogP contribution < -0.4 is 5.32 Å². The molecule has 1 aliphatic heterocycles. The minimum atomic E-state index is -0.473. The van der Waals surface area contributed by atoms with E-state index < -0.39 is 4.92 Å². The summed E-state index contributed by atoms with van der Waals surface area (Å²) < 4.78 is 13.6. The highest BCUT2D eigenvalue weighted by atomic mass is 19.1. The van der Waals surface area contributed by atoms with Crippen molar-refractivity contribution in [1.29, 1.82) is 0 Å². The summed E-state index contributed by atoms with van der Waals surface area (Å²) in [6, 6.07) is 8.37. The highest BCUT2D eigenvalue weighted by Crippen LogP contribution is 2.51. The Hall–Kier alpha value is -2.89. The van der Waals surface area contributed by atoms with Crippen LogP contribution in [0.25, 0.3) is 0 Å². The highest BCUT2D eigenvalue weighted by Gasteiger charge is 2.39. The van der Waals surface area contributed by atoms with Gasteiger partial charge in [-0.05, 0) is 42.2 Å². The van der Waals surface area contributed by atoms with Gasteiger partial charge in [-0.1, -0.05) is 12.2 Å². The number of aromatic hydroxyl groups is 1. The lowest BCUT2D eigenvalue weighted by atomic mass is 9.77. The number of fused-ring (bicyclic) bond motifs is 3. The van der Waals surface area contributed by atoms with Crippen molar-refractivity contribution in [3.63, 3.8) is 0 Å². The number of nitro benzene ring substituents is 1. The van der Waals surface area contributed by atoms with E-state index in [1.807, 2.05) is 12.2 Å². The predicted octanol–water partition coefficient (Wildman–Crippen LogP) is 4.27. The Balaban J connectivity index is 1.81. The SMILES string of the molecule is O=[N+]([O-])c1ccc(O)c(C2Nc3ccc(F)cc3C3C=CCC32)c1. The lowest BCUT2D eigenvalue weighted by molar-refractivity contribution is -0.385. The summed E-state index contributed by atoms with van der Waals surface area (Å²) in [5, 5.41) is 24.6. The van der Waals surface area contributed by atoms with Gasteiger partial charge in [0.05, 0.1) is 11.0 Å². The van der Waals surface area contributed by atoms with Crippen molar-refractivity contribution < 1.29 is 14.4 Å². The number of hydrogen-bond donors (Lipinski definition) is 2. The number of hydrogen-bond acceptors (Lipinski definition) is 4. The number of allylic oxidation sites excluding steroid dienone is 2. The van der Waals surface area contributed by atoms with E-state index in [1.165, 1.54) is 30.3 Å². The number of phenolic OH excluding ortho intramolecular Hbond substituents is 1. The van der Waals surface area contributed by atoms with Crippen LogP contribution in [0.5, 0.6) is 5.75 Å². The number of nitro groups is 1. The van der Waals surface area contributed by atoms with Gasteiger partial charge < -0.3 is 10.4 Å². The van der Waals surface area contributed by atoms with Crippen LogP contribution in [-0.4, -0.2) is 10.0 Å². The van der Waals surface area contributed by atoms with Crippen LogP contribution in [0.4, 0.5) is 15.8 Å². The van der Waals surface area contributed by atoms with Crippen molar-refractivity contribution in [3.8, 4) is 5.75 Å². The van der Waals surface area contributed by atoms with Gasteiger partial charge in [-0.2, -0.15) is 0 Å². The normalized spacial score (nSPS) is 24.1. The fraction of sp³-hybridized carbons (Fsp3) is 0.222. The number of nitrogens with zero attached hydrogens (tertiary/aromatic N) is 1. The molecule has 4 rings (SSSR count). The smallest absolute Gasteiger partial charge is 0.270 e. The van der Waals surface area contributed by atoms with Crippen LogP contribution >= 0.6 is 0 Å². The molecule has 0 aromatic heterocycles. The minimum absolute atomic E-state index is 0.0225. The molecule has 2 N–H and O–H groups in total. The molecular formula is C18H15FN2O3. The number of rotatable bonds is 2. The molecule has 122 valence electrons. The van der Waals surface area contributed by atoms with Gasteiger partial charge in [0.15, 0.2) is 0 Å². The van der Waals surface area contributed by atoms with E-state index in [-0.39, 0.29) is 35.1 Å². The van der Waals surface area contributed by atoms with Gasteiger partial charge in [-0.15, -0.1) is 0 Å². The van der Waals surface area contributed by atoms with Crippen LogP contribution in [0, 0.1) is 21.8 Å². The maximum Gasteiger partial charge on any atom is 0.270 e. The van der Waals surface area contributed by atoms with E-state index in [0.717, 1.165) is 17.7 Å². The van der Waals surface area contributed by atoms with Crippen LogP contribution in [0.1, 0.15) is 29.5 Å². The summed E-state index contributed by atoms with van der Waals surface area (Å²) >= 11 is 0. The number of halogens is 1. The third-order valence-electron chi connectivity index (χ3n) is 4.88. The van der Waals surface area contributed by atoms with E-state index in [1.54, 1.807) is 6.07 Å². The van der Waals surface area contributed by atoms with Crippen molar-refractivity contribution in [2.45, 2.75) is 18.4 Å². The molecule has 2 aromatic rings. The van der Waals surface area contributed by atoms with Gasteiger partial charge in [-0.25, -0.2) is 4.39 Å². The topological polar surface area (TPSA) is 75.4 Å². The molecule has 2 aromatic carbocycles. The molecule has 3 unspecified atom stereocenters. The molecule has 0 bridgehead atoms. The Labute approximate surface area is 137 Å². The molecule has 3 atom stereocenters. The van der Waals surface area contributed by atoms with E-state index >= 15 is 0 Å². The summed E-state index contributed by atoms with van der Waals surface area (Å²) in [6.07, 6.45) is 4.85. The zero-order valence-corrected chi connectivity index (χ0v) is 12.6. The first-order valence-electron chi connectivity index (χ1n) is 7.74. The van der Waals surface area contributed by atoms with Gasteiger partial charge >= 0.3 is 0 Å². The van der Waals surface area contributed by atoms with Gasteiger partial charge in [0.2, 0.25) is 0 Å². The molecule has 24 heavy (non-hydrogen) atoms. The van der Waals surface area contributed by atoms with Crippen molar-refractivity contribution in [1.82, 2.24) is 0 Å². The first-order valence-corrected chi connectivity index (χ1v) is 7.74. The largest absolute Gasteiger partial charge is 0.508 e. The molecule has 0 fully saturated rings. The molecule has 5 nitrogen and oxygen atoms in total. The maximum absolute atomic E-state index is 13.6. The van der Waals surface area contributed by atoms with E-state index in [2.05, 4.69) is 5.32 Å². The van der Waals surface area contributed by atoms with Gasteiger partial charge in [0.1, 0.15) is 11.6 Å². The molecule has 1 heterocycles. The van der Waals surface area contributed by atoms with Crippen molar-refractivity contribution in [2.24, 2.45) is 5.92 Å². The Kier molecular flexibility index (Phi) is 3.26. The van der Waals surface area contributed by atoms with Gasteiger partial charge in [0.25, 0.3) is 5.69 Å². The van der Waals surface area contributed by atoms with Crippen molar-refractivity contribution in [3.05, 3.63) is 75.6 Å². The number of phenols is 1. The second kappa shape index (κ2) is 5.33. The molecule has 1 aliphatic carbocycles. The average molecular weight is 326 g/mol. The van der Waals surface area contributed by atoms with Crippen LogP contribution in [-0.2, 0) is 0 Å². The zero-order valence-electron chi connectivity index (χ0n) is 12.6. The molecule has 2 aliphatic rings. The zero-order chi connectivity index (χ0) is 16.8.